The number of hydrogen-bond acceptors (Lipinski definition) is 2. The van der Waals surface area contributed by atoms with E-state index in [0.29, 0.717) is 6.10 Å². The van der Waals surface area contributed by atoms with E-state index in [1.54, 1.807) is 0 Å². The fourth-order valence-corrected chi connectivity index (χ4v) is 0.919. The standard InChI is InChI=1S/C6H13NO/c1-5-6(2,8-5)3-4-7/h5H,3-4,7H2,1-2H3. The zero-order chi connectivity index (χ0) is 6.20. The minimum absolute atomic E-state index is 0.134. The van der Waals surface area contributed by atoms with E-state index in [2.05, 4.69) is 13.8 Å². The van der Waals surface area contributed by atoms with Crippen molar-refractivity contribution >= 4 is 0 Å². The summed E-state index contributed by atoms with van der Waals surface area (Å²) in [5.74, 6) is 0. The van der Waals surface area contributed by atoms with Crippen molar-refractivity contribution < 1.29 is 4.74 Å². The highest BCUT2D eigenvalue weighted by Crippen LogP contribution is 2.37. The van der Waals surface area contributed by atoms with Crippen LogP contribution in [-0.2, 0) is 4.74 Å². The van der Waals surface area contributed by atoms with Crippen LogP contribution < -0.4 is 5.73 Å². The number of ether oxygens (including phenoxy) is 1. The van der Waals surface area contributed by atoms with Gasteiger partial charge < -0.3 is 10.5 Å². The topological polar surface area (TPSA) is 38.5 Å². The average molecular weight is 115 g/mol. The molecule has 2 N–H and O–H groups in total. The first-order chi connectivity index (χ1) is 3.69. The fourth-order valence-electron chi connectivity index (χ4n) is 0.919. The van der Waals surface area contributed by atoms with Crippen LogP contribution in [0, 0.1) is 0 Å². The zero-order valence-electron chi connectivity index (χ0n) is 5.48. The number of epoxide rings is 1. The molecule has 1 aliphatic heterocycles. The third kappa shape index (κ3) is 0.858. The first-order valence-corrected chi connectivity index (χ1v) is 3.07. The summed E-state index contributed by atoms with van der Waals surface area (Å²) in [5.41, 5.74) is 5.47. The molecule has 48 valence electrons. The Morgan fingerprint density at radius 2 is 2.25 bits per heavy atom. The summed E-state index contributed by atoms with van der Waals surface area (Å²) < 4.78 is 5.26. The maximum absolute atomic E-state index is 5.34. The van der Waals surface area contributed by atoms with Crippen LogP contribution in [0.4, 0.5) is 0 Å². The van der Waals surface area contributed by atoms with E-state index < -0.39 is 0 Å². The highest BCUT2D eigenvalue weighted by atomic mass is 16.6. The lowest BCUT2D eigenvalue weighted by molar-refractivity contribution is 0.302. The molecule has 2 heteroatoms. The van der Waals surface area contributed by atoms with Gasteiger partial charge in [-0.15, -0.1) is 0 Å². The SMILES string of the molecule is CC1OC1(C)CCN. The van der Waals surface area contributed by atoms with Crippen molar-refractivity contribution in [1.82, 2.24) is 0 Å². The van der Waals surface area contributed by atoms with E-state index >= 15 is 0 Å². The van der Waals surface area contributed by atoms with E-state index in [4.69, 9.17) is 10.5 Å². The Labute approximate surface area is 50.0 Å². The number of nitrogens with two attached hydrogens (primary N) is 1. The van der Waals surface area contributed by atoms with E-state index in [-0.39, 0.29) is 5.60 Å². The number of rotatable bonds is 2. The second-order valence-corrected chi connectivity index (χ2v) is 2.61. The predicted octanol–water partition coefficient (Wildman–Crippen LogP) is 0.513. The summed E-state index contributed by atoms with van der Waals surface area (Å²) in [6.45, 7) is 4.92. The van der Waals surface area contributed by atoms with Crippen LogP contribution in [-0.4, -0.2) is 18.2 Å². The predicted molar refractivity (Wildman–Crippen MR) is 32.6 cm³/mol. The van der Waals surface area contributed by atoms with Crippen molar-refractivity contribution in [1.29, 1.82) is 0 Å². The maximum atomic E-state index is 5.34. The van der Waals surface area contributed by atoms with Crippen molar-refractivity contribution in [3.05, 3.63) is 0 Å². The minimum atomic E-state index is 0.134. The summed E-state index contributed by atoms with van der Waals surface area (Å²) in [5, 5.41) is 0. The summed E-state index contributed by atoms with van der Waals surface area (Å²) >= 11 is 0. The number of hydrogen-bond donors (Lipinski definition) is 1. The summed E-state index contributed by atoms with van der Waals surface area (Å²) in [6.07, 6.45) is 1.43. The lowest BCUT2D eigenvalue weighted by Gasteiger charge is -1.99. The van der Waals surface area contributed by atoms with Crippen LogP contribution in [0.3, 0.4) is 0 Å². The van der Waals surface area contributed by atoms with Crippen LogP contribution in [0.25, 0.3) is 0 Å². The highest BCUT2D eigenvalue weighted by Gasteiger charge is 2.47. The summed E-state index contributed by atoms with van der Waals surface area (Å²) in [6, 6.07) is 0. The maximum Gasteiger partial charge on any atom is 0.0929 e. The molecule has 1 rings (SSSR count). The molecule has 2 unspecified atom stereocenters. The second-order valence-electron chi connectivity index (χ2n) is 2.61. The third-order valence-electron chi connectivity index (χ3n) is 1.89. The van der Waals surface area contributed by atoms with Gasteiger partial charge in [-0.3, -0.25) is 0 Å². The van der Waals surface area contributed by atoms with E-state index in [1.165, 1.54) is 0 Å². The molecule has 0 bridgehead atoms. The van der Waals surface area contributed by atoms with Gasteiger partial charge in [-0.2, -0.15) is 0 Å². The third-order valence-corrected chi connectivity index (χ3v) is 1.89. The normalized spacial score (nSPS) is 44.6. The van der Waals surface area contributed by atoms with Crippen LogP contribution in [0.15, 0.2) is 0 Å². The van der Waals surface area contributed by atoms with Gasteiger partial charge in [-0.1, -0.05) is 0 Å². The van der Waals surface area contributed by atoms with Gasteiger partial charge in [0.25, 0.3) is 0 Å². The average Bonchev–Trinajstić information content (AvgIpc) is 2.16. The Kier molecular flexibility index (Phi) is 1.29. The minimum Gasteiger partial charge on any atom is -0.367 e. The summed E-state index contributed by atoms with van der Waals surface area (Å²) in [4.78, 5) is 0. The molecular formula is C6H13NO. The molecule has 0 aliphatic carbocycles. The van der Waals surface area contributed by atoms with Crippen molar-refractivity contribution in [2.24, 2.45) is 5.73 Å². The van der Waals surface area contributed by atoms with Crippen LogP contribution in [0.2, 0.25) is 0 Å². The molecule has 0 radical (unpaired) electrons. The lowest BCUT2D eigenvalue weighted by Crippen LogP contribution is -2.14. The highest BCUT2D eigenvalue weighted by molar-refractivity contribution is 4.95. The van der Waals surface area contributed by atoms with Gasteiger partial charge >= 0.3 is 0 Å². The first kappa shape index (κ1) is 6.05. The van der Waals surface area contributed by atoms with Gasteiger partial charge in [0.05, 0.1) is 11.7 Å². The smallest absolute Gasteiger partial charge is 0.0929 e. The molecule has 8 heavy (non-hydrogen) atoms. The molecule has 0 spiro atoms. The molecule has 1 heterocycles. The van der Waals surface area contributed by atoms with E-state index in [0.717, 1.165) is 13.0 Å². The molecule has 0 aromatic rings. The Balaban J connectivity index is 2.25. The lowest BCUT2D eigenvalue weighted by atomic mass is 10.1. The van der Waals surface area contributed by atoms with E-state index in [1.807, 2.05) is 0 Å². The second kappa shape index (κ2) is 1.71. The molecular weight excluding hydrogens is 102 g/mol. The van der Waals surface area contributed by atoms with Gasteiger partial charge in [0.2, 0.25) is 0 Å². The van der Waals surface area contributed by atoms with Crippen LogP contribution >= 0.6 is 0 Å². The van der Waals surface area contributed by atoms with Gasteiger partial charge in [-0.05, 0) is 26.8 Å². The van der Waals surface area contributed by atoms with Gasteiger partial charge in [0.15, 0.2) is 0 Å². The molecule has 1 saturated heterocycles. The van der Waals surface area contributed by atoms with E-state index in [9.17, 15) is 0 Å². The Bertz CT molecular complexity index is 94.5. The first-order valence-electron chi connectivity index (χ1n) is 3.07. The van der Waals surface area contributed by atoms with Crippen molar-refractivity contribution in [3.8, 4) is 0 Å². The molecule has 2 nitrogen and oxygen atoms in total. The van der Waals surface area contributed by atoms with Crippen molar-refractivity contribution in [2.45, 2.75) is 32.0 Å². The van der Waals surface area contributed by atoms with Gasteiger partial charge in [0.1, 0.15) is 0 Å². The van der Waals surface area contributed by atoms with Crippen LogP contribution in [0.1, 0.15) is 20.3 Å². The quantitative estimate of drug-likeness (QED) is 0.532. The molecule has 1 fully saturated rings. The van der Waals surface area contributed by atoms with Gasteiger partial charge in [0, 0.05) is 0 Å². The zero-order valence-corrected chi connectivity index (χ0v) is 5.48. The van der Waals surface area contributed by atoms with Crippen molar-refractivity contribution in [2.75, 3.05) is 6.54 Å². The molecule has 0 amide bonds. The monoisotopic (exact) mass is 115 g/mol. The van der Waals surface area contributed by atoms with Gasteiger partial charge in [-0.25, -0.2) is 0 Å². The molecule has 0 saturated carbocycles. The largest absolute Gasteiger partial charge is 0.367 e. The Morgan fingerprint density at radius 3 is 2.38 bits per heavy atom. The van der Waals surface area contributed by atoms with Crippen molar-refractivity contribution in [3.63, 3.8) is 0 Å². The molecule has 1 aliphatic rings. The summed E-state index contributed by atoms with van der Waals surface area (Å²) in [7, 11) is 0. The van der Waals surface area contributed by atoms with Crippen LogP contribution in [0.5, 0.6) is 0 Å². The Hall–Kier alpha value is -0.0800. The molecule has 2 atom stereocenters. The molecule has 0 aromatic heterocycles. The fraction of sp³-hybridized carbons (Fsp3) is 1.00. The Morgan fingerprint density at radius 1 is 1.75 bits per heavy atom. The molecule has 0 aromatic carbocycles.